The van der Waals surface area contributed by atoms with Crippen molar-refractivity contribution in [1.29, 1.82) is 0 Å². The van der Waals surface area contributed by atoms with E-state index in [4.69, 9.17) is 0 Å². The molecule has 1 saturated carbocycles. The van der Waals surface area contributed by atoms with Gasteiger partial charge < -0.3 is 14.6 Å². The van der Waals surface area contributed by atoms with Crippen LogP contribution >= 0.6 is 0 Å². The summed E-state index contributed by atoms with van der Waals surface area (Å²) in [5.41, 5.74) is -0.928. The Hall–Kier alpha value is -1.50. The number of nitrogens with zero attached hydrogens (tertiary/aromatic N) is 2. The SMILES string of the molecule is CN(CC1(O)CCCC1)C(=O)c1cccn1CC(F)(F)F. The molecule has 21 heavy (non-hydrogen) atoms. The number of hydrogen-bond donors (Lipinski definition) is 1. The fraction of sp³-hybridized carbons (Fsp3) is 0.643. The van der Waals surface area contributed by atoms with E-state index in [2.05, 4.69) is 0 Å². The van der Waals surface area contributed by atoms with Crippen LogP contribution < -0.4 is 0 Å². The molecule has 1 aliphatic rings. The molecular weight excluding hydrogens is 285 g/mol. The maximum Gasteiger partial charge on any atom is 0.406 e. The average Bonchev–Trinajstić information content (AvgIpc) is 2.95. The predicted molar refractivity (Wildman–Crippen MR) is 70.9 cm³/mol. The molecule has 118 valence electrons. The van der Waals surface area contributed by atoms with E-state index in [1.54, 1.807) is 0 Å². The minimum atomic E-state index is -4.38. The van der Waals surface area contributed by atoms with Crippen molar-refractivity contribution in [3.63, 3.8) is 0 Å². The standard InChI is InChI=1S/C14H19F3N2O2/c1-18(9-13(21)6-2-3-7-13)12(20)11-5-4-8-19(11)10-14(15,16)17/h4-5,8,21H,2-3,6-7,9-10H2,1H3. The van der Waals surface area contributed by atoms with Crippen LogP contribution in [0.3, 0.4) is 0 Å². The van der Waals surface area contributed by atoms with Gasteiger partial charge >= 0.3 is 6.18 Å². The van der Waals surface area contributed by atoms with Crippen molar-refractivity contribution in [1.82, 2.24) is 9.47 Å². The maximum absolute atomic E-state index is 12.5. The Kier molecular flexibility index (Phi) is 4.32. The molecule has 0 aliphatic heterocycles. The van der Waals surface area contributed by atoms with Crippen molar-refractivity contribution in [3.05, 3.63) is 24.0 Å². The molecule has 1 N–H and O–H groups in total. The fourth-order valence-electron chi connectivity index (χ4n) is 2.84. The Morgan fingerprint density at radius 1 is 1.43 bits per heavy atom. The highest BCUT2D eigenvalue weighted by Crippen LogP contribution is 2.30. The highest BCUT2D eigenvalue weighted by molar-refractivity contribution is 5.92. The topological polar surface area (TPSA) is 45.5 Å². The summed E-state index contributed by atoms with van der Waals surface area (Å²) < 4.78 is 38.3. The zero-order valence-corrected chi connectivity index (χ0v) is 11.9. The maximum atomic E-state index is 12.5. The largest absolute Gasteiger partial charge is 0.406 e. The van der Waals surface area contributed by atoms with Gasteiger partial charge in [-0.15, -0.1) is 0 Å². The van der Waals surface area contributed by atoms with Gasteiger partial charge in [-0.05, 0) is 25.0 Å². The molecule has 0 unspecified atom stereocenters. The molecule has 0 bridgehead atoms. The third-order valence-electron chi connectivity index (χ3n) is 3.81. The summed E-state index contributed by atoms with van der Waals surface area (Å²) in [4.78, 5) is 13.6. The molecule has 2 rings (SSSR count). The number of likely N-dealkylation sites (N-methyl/N-ethyl adjacent to an activating group) is 1. The van der Waals surface area contributed by atoms with Crippen LogP contribution in [0.1, 0.15) is 36.2 Å². The summed E-state index contributed by atoms with van der Waals surface area (Å²) in [6.45, 7) is -1.05. The molecule has 1 amide bonds. The van der Waals surface area contributed by atoms with Gasteiger partial charge in [0.05, 0.1) is 5.60 Å². The number of hydrogen-bond acceptors (Lipinski definition) is 2. The van der Waals surface area contributed by atoms with Crippen LogP contribution in [0.4, 0.5) is 13.2 Å². The monoisotopic (exact) mass is 304 g/mol. The van der Waals surface area contributed by atoms with Crippen LogP contribution in [0.25, 0.3) is 0 Å². The van der Waals surface area contributed by atoms with E-state index in [0.717, 1.165) is 17.4 Å². The molecular formula is C14H19F3N2O2. The number of alkyl halides is 3. The van der Waals surface area contributed by atoms with E-state index in [1.807, 2.05) is 0 Å². The Morgan fingerprint density at radius 3 is 2.62 bits per heavy atom. The van der Waals surface area contributed by atoms with Gasteiger partial charge in [-0.2, -0.15) is 13.2 Å². The van der Waals surface area contributed by atoms with Crippen molar-refractivity contribution < 1.29 is 23.1 Å². The molecule has 0 atom stereocenters. The second kappa shape index (κ2) is 5.71. The first-order chi connectivity index (χ1) is 9.70. The molecule has 1 aromatic heterocycles. The Morgan fingerprint density at radius 2 is 2.05 bits per heavy atom. The molecule has 1 aromatic rings. The molecule has 1 heterocycles. The van der Waals surface area contributed by atoms with Crippen molar-refractivity contribution >= 4 is 5.91 Å². The van der Waals surface area contributed by atoms with Gasteiger partial charge in [-0.3, -0.25) is 4.79 Å². The number of aromatic nitrogens is 1. The third-order valence-corrected chi connectivity index (χ3v) is 3.81. The quantitative estimate of drug-likeness (QED) is 0.928. The van der Waals surface area contributed by atoms with Gasteiger partial charge in [0.25, 0.3) is 5.91 Å². The second-order valence-electron chi connectivity index (χ2n) is 5.73. The van der Waals surface area contributed by atoms with Crippen LogP contribution in [-0.2, 0) is 6.54 Å². The summed E-state index contributed by atoms with van der Waals surface area (Å²) in [6, 6.07) is 2.78. The lowest BCUT2D eigenvalue weighted by Crippen LogP contribution is -2.42. The lowest BCUT2D eigenvalue weighted by molar-refractivity contribution is -0.140. The molecule has 0 aromatic carbocycles. The van der Waals surface area contributed by atoms with Crippen LogP contribution in [0.2, 0.25) is 0 Å². The molecule has 1 aliphatic carbocycles. The Bertz CT molecular complexity index is 505. The molecule has 0 radical (unpaired) electrons. The lowest BCUT2D eigenvalue weighted by atomic mass is 10.0. The number of amides is 1. The van der Waals surface area contributed by atoms with Crippen LogP contribution in [0.15, 0.2) is 18.3 Å². The van der Waals surface area contributed by atoms with Crippen LogP contribution in [0.5, 0.6) is 0 Å². The first kappa shape index (κ1) is 15.9. The zero-order chi connectivity index (χ0) is 15.7. The van der Waals surface area contributed by atoms with E-state index in [9.17, 15) is 23.1 Å². The molecule has 7 heteroatoms. The summed E-state index contributed by atoms with van der Waals surface area (Å²) >= 11 is 0. The smallest absolute Gasteiger partial charge is 0.388 e. The summed E-state index contributed by atoms with van der Waals surface area (Å²) in [5, 5.41) is 10.3. The molecule has 4 nitrogen and oxygen atoms in total. The minimum Gasteiger partial charge on any atom is -0.388 e. The highest BCUT2D eigenvalue weighted by atomic mass is 19.4. The van der Waals surface area contributed by atoms with E-state index in [0.29, 0.717) is 12.8 Å². The van der Waals surface area contributed by atoms with Crippen molar-refractivity contribution in [2.75, 3.05) is 13.6 Å². The number of carbonyl (C=O) groups is 1. The van der Waals surface area contributed by atoms with Gasteiger partial charge in [0.1, 0.15) is 12.2 Å². The second-order valence-corrected chi connectivity index (χ2v) is 5.73. The normalized spacial score (nSPS) is 18.0. The van der Waals surface area contributed by atoms with E-state index in [1.165, 1.54) is 30.3 Å². The van der Waals surface area contributed by atoms with Crippen molar-refractivity contribution in [2.24, 2.45) is 0 Å². The van der Waals surface area contributed by atoms with E-state index in [-0.39, 0.29) is 12.2 Å². The van der Waals surface area contributed by atoms with Gasteiger partial charge in [-0.25, -0.2) is 0 Å². The number of aliphatic hydroxyl groups is 1. The molecule has 1 fully saturated rings. The number of rotatable bonds is 4. The summed E-state index contributed by atoms with van der Waals surface area (Å²) in [5.74, 6) is -0.510. The summed E-state index contributed by atoms with van der Waals surface area (Å²) in [6.07, 6.45) is -0.0938. The summed E-state index contributed by atoms with van der Waals surface area (Å²) in [7, 11) is 1.50. The van der Waals surface area contributed by atoms with Gasteiger partial charge in [0.2, 0.25) is 0 Å². The van der Waals surface area contributed by atoms with Gasteiger partial charge in [-0.1, -0.05) is 12.8 Å². The molecule has 0 saturated heterocycles. The number of halogens is 3. The van der Waals surface area contributed by atoms with Gasteiger partial charge in [0.15, 0.2) is 0 Å². The Labute approximate surface area is 121 Å². The first-order valence-electron chi connectivity index (χ1n) is 6.90. The number of carbonyl (C=O) groups excluding carboxylic acids is 1. The average molecular weight is 304 g/mol. The van der Waals surface area contributed by atoms with Gasteiger partial charge in [0, 0.05) is 19.8 Å². The third kappa shape index (κ3) is 4.00. The Balaban J connectivity index is 2.07. The predicted octanol–water partition coefficient (Wildman–Crippen LogP) is 2.43. The van der Waals surface area contributed by atoms with E-state index < -0.39 is 24.2 Å². The lowest BCUT2D eigenvalue weighted by Gasteiger charge is -2.29. The van der Waals surface area contributed by atoms with Crippen LogP contribution in [-0.4, -0.2) is 45.9 Å². The minimum absolute atomic E-state index is 0.0172. The highest BCUT2D eigenvalue weighted by Gasteiger charge is 2.35. The van der Waals surface area contributed by atoms with E-state index >= 15 is 0 Å². The first-order valence-corrected chi connectivity index (χ1v) is 6.90. The fourth-order valence-corrected chi connectivity index (χ4v) is 2.84. The zero-order valence-electron chi connectivity index (χ0n) is 11.9. The van der Waals surface area contributed by atoms with Crippen molar-refractivity contribution in [3.8, 4) is 0 Å². The van der Waals surface area contributed by atoms with Crippen LogP contribution in [0, 0.1) is 0 Å². The molecule has 0 spiro atoms. The van der Waals surface area contributed by atoms with Crippen molar-refractivity contribution in [2.45, 2.75) is 44.0 Å².